The molecule has 0 bridgehead atoms. The van der Waals surface area contributed by atoms with Crippen molar-refractivity contribution in [2.45, 2.75) is 13.8 Å². The van der Waals surface area contributed by atoms with Crippen LogP contribution >= 0.6 is 0 Å². The SMILES string of the molecule is CCOc1ccc(NC=[NH+]c2ccc(OCC)cc2)cc1. The number of ether oxygens (including phenoxy) is 2. The number of benzene rings is 2. The Kier molecular flexibility index (Phi) is 5.64. The highest BCUT2D eigenvalue weighted by molar-refractivity contribution is 5.72. The van der Waals surface area contributed by atoms with E-state index < -0.39 is 0 Å². The van der Waals surface area contributed by atoms with Crippen LogP contribution < -0.4 is 19.8 Å². The molecule has 0 aliphatic carbocycles. The van der Waals surface area contributed by atoms with Gasteiger partial charge in [0.05, 0.1) is 13.2 Å². The van der Waals surface area contributed by atoms with Crippen molar-refractivity contribution in [3.63, 3.8) is 0 Å². The molecule has 0 aliphatic rings. The monoisotopic (exact) mass is 285 g/mol. The zero-order valence-electron chi connectivity index (χ0n) is 12.4. The fourth-order valence-corrected chi connectivity index (χ4v) is 1.83. The zero-order chi connectivity index (χ0) is 14.9. The predicted molar refractivity (Wildman–Crippen MR) is 85.5 cm³/mol. The molecule has 0 heterocycles. The molecule has 0 fully saturated rings. The Morgan fingerprint density at radius 1 is 0.857 bits per heavy atom. The minimum Gasteiger partial charge on any atom is -0.494 e. The van der Waals surface area contributed by atoms with Crippen LogP contribution in [0.1, 0.15) is 13.8 Å². The molecule has 0 saturated carbocycles. The van der Waals surface area contributed by atoms with E-state index in [2.05, 4.69) is 10.3 Å². The molecule has 2 rings (SSSR count). The van der Waals surface area contributed by atoms with Crippen LogP contribution in [0.15, 0.2) is 48.5 Å². The third-order valence-electron chi connectivity index (χ3n) is 2.81. The van der Waals surface area contributed by atoms with Crippen LogP contribution in [-0.4, -0.2) is 19.6 Å². The molecule has 4 nitrogen and oxygen atoms in total. The normalized spacial score (nSPS) is 10.6. The van der Waals surface area contributed by atoms with Crippen LogP contribution in [0, 0.1) is 0 Å². The van der Waals surface area contributed by atoms with Crippen molar-refractivity contribution in [1.82, 2.24) is 0 Å². The van der Waals surface area contributed by atoms with Crippen molar-refractivity contribution < 1.29 is 14.5 Å². The maximum Gasteiger partial charge on any atom is 0.240 e. The molecule has 0 aromatic heterocycles. The molecule has 0 amide bonds. The number of anilines is 1. The van der Waals surface area contributed by atoms with Gasteiger partial charge in [-0.1, -0.05) is 0 Å². The standard InChI is InChI=1S/C17H20N2O2/c1-3-20-16-9-5-14(6-10-16)18-13-19-15-7-11-17(12-8-15)21-4-2/h5-13H,3-4H2,1-2H3,(H,18,19)/p+1. The van der Waals surface area contributed by atoms with E-state index in [0.717, 1.165) is 22.9 Å². The topological polar surface area (TPSA) is 44.5 Å². The van der Waals surface area contributed by atoms with Gasteiger partial charge in [0.2, 0.25) is 6.34 Å². The lowest BCUT2D eigenvalue weighted by Crippen LogP contribution is -2.62. The summed E-state index contributed by atoms with van der Waals surface area (Å²) in [5.74, 6) is 1.75. The van der Waals surface area contributed by atoms with E-state index in [1.807, 2.05) is 62.4 Å². The van der Waals surface area contributed by atoms with E-state index in [1.165, 1.54) is 0 Å². The smallest absolute Gasteiger partial charge is 0.240 e. The van der Waals surface area contributed by atoms with E-state index in [0.29, 0.717) is 13.2 Å². The van der Waals surface area contributed by atoms with Gasteiger partial charge in [-0.25, -0.2) is 10.3 Å². The maximum absolute atomic E-state index is 5.40. The second-order valence-corrected chi connectivity index (χ2v) is 4.35. The summed E-state index contributed by atoms with van der Waals surface area (Å²) < 4.78 is 10.8. The van der Waals surface area contributed by atoms with Crippen molar-refractivity contribution in [1.29, 1.82) is 0 Å². The molecule has 0 spiro atoms. The van der Waals surface area contributed by atoms with Crippen LogP contribution in [0.4, 0.5) is 11.4 Å². The number of hydrogen-bond acceptors (Lipinski definition) is 2. The van der Waals surface area contributed by atoms with E-state index in [1.54, 1.807) is 6.34 Å². The molecular weight excluding hydrogens is 264 g/mol. The summed E-state index contributed by atoms with van der Waals surface area (Å²) in [6.45, 7) is 5.30. The van der Waals surface area contributed by atoms with E-state index in [9.17, 15) is 0 Å². The van der Waals surface area contributed by atoms with Crippen molar-refractivity contribution in [2.75, 3.05) is 18.5 Å². The molecule has 4 heteroatoms. The Labute approximate surface area is 125 Å². The molecule has 0 atom stereocenters. The number of nitrogens with one attached hydrogen (secondary N) is 2. The van der Waals surface area contributed by atoms with Gasteiger partial charge in [0, 0.05) is 0 Å². The molecule has 2 aromatic rings. The molecule has 0 saturated heterocycles. The highest BCUT2D eigenvalue weighted by Crippen LogP contribution is 2.15. The van der Waals surface area contributed by atoms with Gasteiger partial charge in [0.15, 0.2) is 0 Å². The predicted octanol–water partition coefficient (Wildman–Crippen LogP) is 2.34. The van der Waals surface area contributed by atoms with Crippen molar-refractivity contribution >= 4 is 17.7 Å². The molecule has 0 radical (unpaired) electrons. The molecule has 0 aliphatic heterocycles. The van der Waals surface area contributed by atoms with E-state index >= 15 is 0 Å². The van der Waals surface area contributed by atoms with Gasteiger partial charge in [-0.15, -0.1) is 0 Å². The lowest BCUT2D eigenvalue weighted by Gasteiger charge is -2.02. The van der Waals surface area contributed by atoms with Crippen LogP contribution in [0.5, 0.6) is 11.5 Å². The van der Waals surface area contributed by atoms with Crippen LogP contribution in [0.2, 0.25) is 0 Å². The summed E-state index contributed by atoms with van der Waals surface area (Å²) in [6, 6.07) is 15.7. The average Bonchev–Trinajstić information content (AvgIpc) is 2.51. The Balaban J connectivity index is 1.89. The first-order chi connectivity index (χ1) is 10.3. The first-order valence-corrected chi connectivity index (χ1v) is 7.12. The Hall–Kier alpha value is -2.49. The van der Waals surface area contributed by atoms with Crippen molar-refractivity contribution in [3.05, 3.63) is 48.5 Å². The zero-order valence-corrected chi connectivity index (χ0v) is 12.4. The summed E-state index contributed by atoms with van der Waals surface area (Å²) >= 11 is 0. The highest BCUT2D eigenvalue weighted by atomic mass is 16.5. The lowest BCUT2D eigenvalue weighted by atomic mass is 10.3. The fourth-order valence-electron chi connectivity index (χ4n) is 1.83. The maximum atomic E-state index is 5.40. The Morgan fingerprint density at radius 2 is 1.38 bits per heavy atom. The van der Waals surface area contributed by atoms with E-state index in [4.69, 9.17) is 9.47 Å². The van der Waals surface area contributed by atoms with Gasteiger partial charge in [0.1, 0.15) is 22.9 Å². The summed E-state index contributed by atoms with van der Waals surface area (Å²) in [4.78, 5) is 3.18. The lowest BCUT2D eigenvalue weighted by molar-refractivity contribution is -0.347. The average molecular weight is 285 g/mol. The largest absolute Gasteiger partial charge is 0.494 e. The van der Waals surface area contributed by atoms with Gasteiger partial charge in [-0.05, 0) is 62.4 Å². The number of rotatable bonds is 7. The van der Waals surface area contributed by atoms with E-state index in [-0.39, 0.29) is 0 Å². The number of hydrogen-bond donors (Lipinski definition) is 2. The van der Waals surface area contributed by atoms with Gasteiger partial charge >= 0.3 is 0 Å². The van der Waals surface area contributed by atoms with Crippen molar-refractivity contribution in [3.8, 4) is 11.5 Å². The third-order valence-corrected chi connectivity index (χ3v) is 2.81. The second-order valence-electron chi connectivity index (χ2n) is 4.35. The minimum atomic E-state index is 0.679. The Morgan fingerprint density at radius 3 is 1.90 bits per heavy atom. The first-order valence-electron chi connectivity index (χ1n) is 7.12. The second kappa shape index (κ2) is 7.94. The molecule has 2 N–H and O–H groups in total. The summed E-state index contributed by atoms with van der Waals surface area (Å²) in [6.07, 6.45) is 1.80. The van der Waals surface area contributed by atoms with Gasteiger partial charge in [-0.2, -0.15) is 0 Å². The van der Waals surface area contributed by atoms with Crippen LogP contribution in [-0.2, 0) is 0 Å². The summed E-state index contributed by atoms with van der Waals surface area (Å²) in [5, 5.41) is 3.18. The molecule has 2 aromatic carbocycles. The quantitative estimate of drug-likeness (QED) is 0.606. The van der Waals surface area contributed by atoms with Gasteiger partial charge in [-0.3, -0.25) is 0 Å². The highest BCUT2D eigenvalue weighted by Gasteiger charge is 1.97. The third kappa shape index (κ3) is 4.84. The van der Waals surface area contributed by atoms with Crippen LogP contribution in [0.25, 0.3) is 0 Å². The molecular formula is C17H21N2O2+. The van der Waals surface area contributed by atoms with Crippen LogP contribution in [0.3, 0.4) is 0 Å². The minimum absolute atomic E-state index is 0.679. The summed E-state index contributed by atoms with van der Waals surface area (Å²) in [5.41, 5.74) is 1.99. The molecule has 21 heavy (non-hydrogen) atoms. The van der Waals surface area contributed by atoms with Gasteiger partial charge in [0.25, 0.3) is 0 Å². The Bertz CT molecular complexity index is 562. The van der Waals surface area contributed by atoms with Crippen molar-refractivity contribution in [2.24, 2.45) is 0 Å². The van der Waals surface area contributed by atoms with Gasteiger partial charge < -0.3 is 9.47 Å². The first kappa shape index (κ1) is 14.9. The molecule has 110 valence electrons. The molecule has 0 unspecified atom stereocenters. The fraction of sp³-hybridized carbons (Fsp3) is 0.235. The summed E-state index contributed by atoms with van der Waals surface area (Å²) in [7, 11) is 0.